The number of carbonyl (C=O) groups is 3. The number of fused-ring (bicyclic) bond motifs is 4. The Morgan fingerprint density at radius 3 is 2.54 bits per heavy atom. The number of rotatable bonds is 20. The van der Waals surface area contributed by atoms with Gasteiger partial charge in [0, 0.05) is 32.1 Å². The number of carbonyl (C=O) groups excluding carboxylic acids is 3. The van der Waals surface area contributed by atoms with Crippen molar-refractivity contribution in [3.63, 3.8) is 0 Å². The molecule has 54 heavy (non-hydrogen) atoms. The summed E-state index contributed by atoms with van der Waals surface area (Å²) in [5.41, 5.74) is 8.81. The van der Waals surface area contributed by atoms with Crippen LogP contribution >= 0.6 is 0 Å². The van der Waals surface area contributed by atoms with E-state index in [1.165, 1.54) is 11.1 Å². The first-order valence-corrected chi connectivity index (χ1v) is 20.6. The smallest absolute Gasteiger partial charge is 0.242 e. The lowest BCUT2D eigenvalue weighted by atomic mass is 9.59. The Morgan fingerprint density at radius 2 is 1.80 bits per heavy atom. The van der Waals surface area contributed by atoms with Crippen LogP contribution in [0.15, 0.2) is 53.5 Å². The maximum Gasteiger partial charge on any atom is 0.242 e. The average molecular weight is 743 g/mol. The van der Waals surface area contributed by atoms with E-state index in [4.69, 9.17) is 5.73 Å². The van der Waals surface area contributed by atoms with Crippen LogP contribution in [0, 0.1) is 17.8 Å². The van der Waals surface area contributed by atoms with Gasteiger partial charge in [-0.05, 0) is 103 Å². The summed E-state index contributed by atoms with van der Waals surface area (Å²) in [6.07, 6.45) is 10.0. The van der Waals surface area contributed by atoms with Crippen molar-refractivity contribution in [3.8, 4) is 5.75 Å². The highest BCUT2D eigenvalue weighted by molar-refractivity contribution is 5.95. The van der Waals surface area contributed by atoms with Gasteiger partial charge < -0.3 is 26.8 Å². The first-order valence-electron chi connectivity index (χ1n) is 20.6. The number of phenolic OH excluding ortho intramolecular Hbond substituents is 1. The van der Waals surface area contributed by atoms with E-state index in [2.05, 4.69) is 52.7 Å². The largest absolute Gasteiger partial charge is 0.508 e. The quantitative estimate of drug-likeness (QED) is 0.0664. The predicted molar refractivity (Wildman–Crippen MR) is 216 cm³/mol. The zero-order valence-electron chi connectivity index (χ0n) is 33.5. The number of unbranched alkanes of at least 4 members (excludes halogenated alkanes) is 4. The van der Waals surface area contributed by atoms with Crippen LogP contribution in [0.4, 0.5) is 0 Å². The number of phenols is 1. The molecular formula is C44H66N6O4. The summed E-state index contributed by atoms with van der Waals surface area (Å²) < 4.78 is 0. The van der Waals surface area contributed by atoms with Gasteiger partial charge in [-0.15, -0.1) is 0 Å². The summed E-state index contributed by atoms with van der Waals surface area (Å²) in [5, 5.41) is 19.2. The van der Waals surface area contributed by atoms with Gasteiger partial charge in [0.05, 0.1) is 17.8 Å². The van der Waals surface area contributed by atoms with Crippen molar-refractivity contribution in [1.82, 2.24) is 20.9 Å². The van der Waals surface area contributed by atoms with Crippen molar-refractivity contribution < 1.29 is 19.5 Å². The number of nitrogens with two attached hydrogens (primary N) is 1. The molecule has 3 amide bonds. The van der Waals surface area contributed by atoms with Crippen LogP contribution in [0.5, 0.6) is 5.75 Å². The summed E-state index contributed by atoms with van der Waals surface area (Å²) in [6.45, 7) is 13.7. The van der Waals surface area contributed by atoms with Crippen molar-refractivity contribution in [2.45, 2.75) is 128 Å². The lowest BCUT2D eigenvalue weighted by Gasteiger charge is -2.55. The maximum atomic E-state index is 14.1. The van der Waals surface area contributed by atoms with E-state index < -0.39 is 11.5 Å². The van der Waals surface area contributed by atoms with Crippen LogP contribution in [-0.4, -0.2) is 78.4 Å². The molecule has 1 saturated heterocycles. The Labute approximate surface area is 323 Å². The molecule has 296 valence electrons. The summed E-state index contributed by atoms with van der Waals surface area (Å²) in [4.78, 5) is 47.6. The predicted octanol–water partition coefficient (Wildman–Crippen LogP) is 5.75. The van der Waals surface area contributed by atoms with Gasteiger partial charge in [0.15, 0.2) is 0 Å². The molecule has 0 radical (unpaired) electrons. The molecule has 10 heteroatoms. The number of amidine groups is 1. The molecule has 5 rings (SSSR count). The van der Waals surface area contributed by atoms with E-state index in [-0.39, 0.29) is 41.5 Å². The number of piperidine rings is 1. The Kier molecular flexibility index (Phi) is 14.2. The number of hydrogen-bond acceptors (Lipinski definition) is 6. The van der Waals surface area contributed by atoms with E-state index in [1.54, 1.807) is 6.07 Å². The number of likely N-dealkylation sites (tertiary alicyclic amines) is 1. The third-order valence-electron chi connectivity index (χ3n) is 12.6. The summed E-state index contributed by atoms with van der Waals surface area (Å²) in [6, 6.07) is 15.5. The molecule has 0 aromatic heterocycles. The second kappa shape index (κ2) is 18.6. The van der Waals surface area contributed by atoms with Gasteiger partial charge in [-0.2, -0.15) is 0 Å². The molecular weight excluding hydrogens is 677 g/mol. The molecule has 0 spiro atoms. The lowest BCUT2D eigenvalue weighted by molar-refractivity contribution is -0.130. The van der Waals surface area contributed by atoms with Crippen LogP contribution in [-0.2, 0) is 31.6 Å². The zero-order chi connectivity index (χ0) is 38.9. The van der Waals surface area contributed by atoms with Crippen LogP contribution in [0.25, 0.3) is 0 Å². The Morgan fingerprint density at radius 1 is 1.04 bits per heavy atom. The fraction of sp³-hybridized carbons (Fsp3) is 0.636. The van der Waals surface area contributed by atoms with Crippen LogP contribution in [0.3, 0.4) is 0 Å². The van der Waals surface area contributed by atoms with Crippen molar-refractivity contribution in [1.29, 1.82) is 0 Å². The first-order chi connectivity index (χ1) is 25.9. The highest BCUT2D eigenvalue weighted by Crippen LogP contribution is 2.56. The molecule has 2 aromatic carbocycles. The Bertz CT molecular complexity index is 1610. The monoisotopic (exact) mass is 743 g/mol. The van der Waals surface area contributed by atoms with E-state index in [9.17, 15) is 19.5 Å². The molecule has 6 atom stereocenters. The van der Waals surface area contributed by atoms with Gasteiger partial charge in [0.2, 0.25) is 17.7 Å². The van der Waals surface area contributed by atoms with Gasteiger partial charge in [-0.25, -0.2) is 0 Å². The van der Waals surface area contributed by atoms with E-state index in [0.29, 0.717) is 30.7 Å². The fourth-order valence-corrected chi connectivity index (χ4v) is 9.10. The van der Waals surface area contributed by atoms with Gasteiger partial charge >= 0.3 is 0 Å². The average Bonchev–Trinajstić information content (AvgIpc) is 3.88. The minimum atomic E-state index is -0.702. The third kappa shape index (κ3) is 9.84. The molecule has 1 heterocycles. The Balaban J connectivity index is 1.13. The van der Waals surface area contributed by atoms with Crippen LogP contribution in [0.2, 0.25) is 0 Å². The van der Waals surface area contributed by atoms with Gasteiger partial charge in [0.25, 0.3) is 0 Å². The number of nitrogens with one attached hydrogen (secondary N) is 3. The highest BCUT2D eigenvalue weighted by Gasteiger charge is 2.62. The van der Waals surface area contributed by atoms with Crippen molar-refractivity contribution >= 4 is 23.6 Å². The molecule has 1 saturated carbocycles. The Hall–Kier alpha value is -3.92. The molecule has 2 bridgehead atoms. The third-order valence-corrected chi connectivity index (χ3v) is 12.6. The fourth-order valence-electron chi connectivity index (χ4n) is 9.10. The normalized spacial score (nSPS) is 25.4. The summed E-state index contributed by atoms with van der Waals surface area (Å²) in [5.74, 6) is 1.12. The number of benzene rings is 2. The number of nitrogens with zero attached hydrogens (tertiary/aromatic N) is 2. The molecule has 3 aliphatic rings. The first kappa shape index (κ1) is 41.2. The molecule has 6 N–H and O–H groups in total. The number of aliphatic imine (C=N–C) groups is 1. The molecule has 10 nitrogen and oxygen atoms in total. The van der Waals surface area contributed by atoms with Gasteiger partial charge in [-0.3, -0.25) is 24.3 Å². The minimum absolute atomic E-state index is 0.00131. The number of hydrogen-bond donors (Lipinski definition) is 5. The summed E-state index contributed by atoms with van der Waals surface area (Å²) in [7, 11) is 0. The number of aromatic hydroxyl groups is 1. The van der Waals surface area contributed by atoms with Crippen LogP contribution in [0.1, 0.15) is 116 Å². The van der Waals surface area contributed by atoms with Crippen molar-refractivity contribution in [3.05, 3.63) is 65.2 Å². The minimum Gasteiger partial charge on any atom is -0.508 e. The highest BCUT2D eigenvalue weighted by atomic mass is 16.3. The standard InChI is InChI=1S/C44H66N6O4/c1-6-7-17-39(45)46-21-13-8-9-14-22-47-41(53)37(24-30(2)3)49-40(52)28-48-42(54)44(33-15-11-10-12-16-33)27-34(44)29-50-23-20-43(5)31(4)38(50)25-32-18-19-35(51)26-36(32)43/h10-12,15-16,18-19,26,30-31,34,37-38,51H,6-9,13-14,17,20-25,27-29H2,1-5H3,(H2,45,46)(H,47,53)(H,48,54)(H,49,52)/t31-,34-,37+,38?,43-,44+/m1/s1. The van der Waals surface area contributed by atoms with Crippen molar-refractivity contribution in [2.24, 2.45) is 28.5 Å². The SMILES string of the molecule is CCCCC(N)=NCCCCCCNC(=O)[C@H](CC(C)C)NC(=O)CNC(=O)[C@]1(c2ccccc2)C[C@@H]1CN1CC[C@@]2(C)c3cc(O)ccc3CC1[C@H]2C. The molecule has 1 aliphatic heterocycles. The van der Waals surface area contributed by atoms with E-state index in [0.717, 1.165) is 95.2 Å². The van der Waals surface area contributed by atoms with E-state index >= 15 is 0 Å². The molecule has 1 unspecified atom stereocenters. The zero-order valence-corrected chi connectivity index (χ0v) is 33.5. The van der Waals surface area contributed by atoms with Crippen LogP contribution < -0.4 is 21.7 Å². The van der Waals surface area contributed by atoms with E-state index in [1.807, 2.05) is 50.2 Å². The number of amides is 3. The van der Waals surface area contributed by atoms with Gasteiger partial charge in [-0.1, -0.05) is 90.3 Å². The second-order valence-electron chi connectivity index (χ2n) is 16.9. The molecule has 2 aromatic rings. The lowest BCUT2D eigenvalue weighted by Crippen LogP contribution is -2.58. The second-order valence-corrected chi connectivity index (χ2v) is 16.9. The van der Waals surface area contributed by atoms with Crippen molar-refractivity contribution in [2.75, 3.05) is 32.7 Å². The molecule has 2 fully saturated rings. The maximum absolute atomic E-state index is 14.1. The molecule has 2 aliphatic carbocycles. The topological polar surface area (TPSA) is 149 Å². The summed E-state index contributed by atoms with van der Waals surface area (Å²) >= 11 is 0. The van der Waals surface area contributed by atoms with Gasteiger partial charge in [0.1, 0.15) is 11.8 Å².